The Balaban J connectivity index is 2.42. The number of amides is 1. The minimum absolute atomic E-state index is 0.0311. The number of aliphatic imine (C=N–C) groups is 1. The molecule has 0 saturated heterocycles. The van der Waals surface area contributed by atoms with Crippen molar-refractivity contribution in [3.8, 4) is 0 Å². The maximum absolute atomic E-state index is 14.3. The van der Waals surface area contributed by atoms with Crippen molar-refractivity contribution in [2.24, 2.45) is 4.99 Å². The molecule has 0 fully saturated rings. The Kier molecular flexibility index (Phi) is 7.93. The molecule has 0 spiro atoms. The van der Waals surface area contributed by atoms with Crippen LogP contribution in [-0.2, 0) is 4.79 Å². The van der Waals surface area contributed by atoms with Gasteiger partial charge in [-0.05, 0) is 30.3 Å². The van der Waals surface area contributed by atoms with Crippen molar-refractivity contribution in [3.63, 3.8) is 0 Å². The number of alkyl halides is 9. The first-order chi connectivity index (χ1) is 15.4. The molecule has 2 aromatic rings. The number of carbonyl (C=O) groups is 1. The number of rotatable bonds is 6. The first kappa shape index (κ1) is 27.8. The van der Waals surface area contributed by atoms with E-state index >= 15 is 0 Å². The number of thioether (sulfide) groups is 1. The van der Waals surface area contributed by atoms with Crippen LogP contribution in [-0.4, -0.2) is 35.3 Å². The van der Waals surface area contributed by atoms with Gasteiger partial charge in [0.15, 0.2) is 0 Å². The first-order valence-corrected chi connectivity index (χ1v) is 9.89. The highest BCUT2D eigenvalue weighted by Crippen LogP contribution is 2.60. The quantitative estimate of drug-likeness (QED) is 0.171. The molecule has 1 unspecified atom stereocenters. The van der Waals surface area contributed by atoms with Gasteiger partial charge in [-0.2, -0.15) is 40.1 Å². The molecule has 184 valence electrons. The van der Waals surface area contributed by atoms with Crippen molar-refractivity contribution in [1.29, 1.82) is 0 Å². The van der Waals surface area contributed by atoms with Crippen LogP contribution in [0.2, 0.25) is 10.0 Å². The van der Waals surface area contributed by atoms with Crippen molar-refractivity contribution in [1.82, 2.24) is 0 Å². The number of hydrogen-bond donors (Lipinski definition) is 1. The van der Waals surface area contributed by atoms with E-state index < -0.39 is 61.6 Å². The van der Waals surface area contributed by atoms with E-state index in [2.05, 4.69) is 10.3 Å². The lowest BCUT2D eigenvalue weighted by Crippen LogP contribution is -2.60. The van der Waals surface area contributed by atoms with Gasteiger partial charge in [0.05, 0.1) is 21.4 Å². The standard InChI is InChI=1S/C18H7Cl2F9N2O2S/c19-11-5-10(34-16(23,18(27,28)29)15(21,22)17(24,25)26)6-12(20)13(11)31-14(33)8-2-1-3-9(4-8)30-7-32/h1-6H,(H,31,33). The molecule has 0 bridgehead atoms. The van der Waals surface area contributed by atoms with Gasteiger partial charge < -0.3 is 5.32 Å². The van der Waals surface area contributed by atoms with E-state index in [0.717, 1.165) is 6.07 Å². The van der Waals surface area contributed by atoms with E-state index in [-0.39, 0.29) is 11.3 Å². The predicted molar refractivity (Wildman–Crippen MR) is 105 cm³/mol. The fraction of sp³-hybridized carbons (Fsp3) is 0.222. The Morgan fingerprint density at radius 1 is 0.912 bits per heavy atom. The van der Waals surface area contributed by atoms with Gasteiger partial charge in [-0.25, -0.2) is 9.18 Å². The lowest BCUT2D eigenvalue weighted by Gasteiger charge is -2.35. The second-order valence-corrected chi connectivity index (χ2v) is 8.29. The highest BCUT2D eigenvalue weighted by molar-refractivity contribution is 8.00. The molecule has 0 heterocycles. The number of nitrogens with zero attached hydrogens (tertiary/aromatic N) is 1. The zero-order valence-electron chi connectivity index (χ0n) is 15.8. The zero-order valence-corrected chi connectivity index (χ0v) is 18.1. The van der Waals surface area contributed by atoms with Gasteiger partial charge in [-0.15, -0.1) is 0 Å². The molecule has 0 aliphatic heterocycles. The first-order valence-electron chi connectivity index (χ1n) is 8.32. The lowest BCUT2D eigenvalue weighted by atomic mass is 10.2. The predicted octanol–water partition coefficient (Wildman–Crippen LogP) is 7.73. The summed E-state index contributed by atoms with van der Waals surface area (Å²) in [6, 6.07) is 5.87. The van der Waals surface area contributed by atoms with Crippen LogP contribution in [0.1, 0.15) is 10.4 Å². The highest BCUT2D eigenvalue weighted by atomic mass is 35.5. The zero-order chi connectivity index (χ0) is 26.1. The second-order valence-electron chi connectivity index (χ2n) is 6.24. The van der Waals surface area contributed by atoms with Gasteiger partial charge in [0.1, 0.15) is 0 Å². The molecule has 4 nitrogen and oxygen atoms in total. The summed E-state index contributed by atoms with van der Waals surface area (Å²) < 4.78 is 118. The molecule has 0 radical (unpaired) electrons. The maximum atomic E-state index is 14.3. The largest absolute Gasteiger partial charge is 0.458 e. The molecule has 0 aliphatic rings. The number of nitrogens with one attached hydrogen (secondary N) is 1. The third-order valence-corrected chi connectivity index (χ3v) is 5.76. The minimum atomic E-state index is -6.88. The SMILES string of the molecule is O=C=Nc1cccc(C(=O)Nc2c(Cl)cc(SC(F)(C(F)(F)F)C(F)(F)C(F)(F)F)cc2Cl)c1. The highest BCUT2D eigenvalue weighted by Gasteiger charge is 2.81. The summed E-state index contributed by atoms with van der Waals surface area (Å²) >= 11 is 10.1. The molecule has 0 aliphatic carbocycles. The topological polar surface area (TPSA) is 58.5 Å². The van der Waals surface area contributed by atoms with Crippen molar-refractivity contribution < 1.29 is 49.1 Å². The van der Waals surface area contributed by atoms with Crippen molar-refractivity contribution in [2.45, 2.75) is 28.2 Å². The summed E-state index contributed by atoms with van der Waals surface area (Å²) in [5.74, 6) is -7.77. The van der Waals surface area contributed by atoms with Crippen molar-refractivity contribution in [2.75, 3.05) is 5.32 Å². The van der Waals surface area contributed by atoms with Crippen LogP contribution in [0.4, 0.5) is 50.9 Å². The molecule has 1 N–H and O–H groups in total. The van der Waals surface area contributed by atoms with E-state index in [9.17, 15) is 49.1 Å². The lowest BCUT2D eigenvalue weighted by molar-refractivity contribution is -0.356. The second kappa shape index (κ2) is 9.68. The number of benzene rings is 2. The summed E-state index contributed by atoms with van der Waals surface area (Å²) in [4.78, 5) is 24.8. The van der Waals surface area contributed by atoms with E-state index in [1.807, 2.05) is 0 Å². The monoisotopic (exact) mass is 556 g/mol. The number of carbonyl (C=O) groups excluding carboxylic acids is 2. The number of hydrogen-bond acceptors (Lipinski definition) is 4. The molecule has 0 aromatic heterocycles. The Morgan fingerprint density at radius 3 is 1.94 bits per heavy atom. The Bertz CT molecular complexity index is 1130. The minimum Gasteiger partial charge on any atom is -0.319 e. The van der Waals surface area contributed by atoms with Crippen LogP contribution in [0, 0.1) is 0 Å². The summed E-state index contributed by atoms with van der Waals surface area (Å²) in [5, 5.41) is -5.39. The molecule has 1 amide bonds. The number of isocyanates is 1. The normalized spacial score (nSPS) is 14.2. The van der Waals surface area contributed by atoms with E-state index in [4.69, 9.17) is 23.2 Å². The smallest absolute Gasteiger partial charge is 0.319 e. The van der Waals surface area contributed by atoms with Crippen LogP contribution in [0.15, 0.2) is 46.3 Å². The number of halogens is 11. The van der Waals surface area contributed by atoms with E-state index in [0.29, 0.717) is 12.1 Å². The van der Waals surface area contributed by atoms with Crippen molar-refractivity contribution in [3.05, 3.63) is 52.0 Å². The van der Waals surface area contributed by atoms with Gasteiger partial charge in [-0.1, -0.05) is 41.0 Å². The third kappa shape index (κ3) is 5.45. The van der Waals surface area contributed by atoms with Crippen LogP contribution in [0.5, 0.6) is 0 Å². The Labute approximate surface area is 198 Å². The molecular weight excluding hydrogens is 550 g/mol. The van der Waals surface area contributed by atoms with Crippen molar-refractivity contribution >= 4 is 58.3 Å². The summed E-state index contributed by atoms with van der Waals surface area (Å²) in [6.45, 7) is 0. The molecule has 16 heteroatoms. The Morgan fingerprint density at radius 2 is 1.47 bits per heavy atom. The van der Waals surface area contributed by atoms with Crippen LogP contribution in [0.25, 0.3) is 0 Å². The van der Waals surface area contributed by atoms with Gasteiger partial charge in [-0.3, -0.25) is 4.79 Å². The molecule has 2 rings (SSSR count). The summed E-state index contributed by atoms with van der Waals surface area (Å²) in [6.07, 6.45) is -12.3. The van der Waals surface area contributed by atoms with E-state index in [1.165, 1.54) is 24.3 Å². The average molecular weight is 557 g/mol. The Hall–Kier alpha value is -2.41. The van der Waals surface area contributed by atoms with Crippen LogP contribution >= 0.6 is 35.0 Å². The molecule has 2 aromatic carbocycles. The fourth-order valence-corrected chi connectivity index (χ4v) is 4.08. The van der Waals surface area contributed by atoms with Gasteiger partial charge in [0.25, 0.3) is 5.91 Å². The maximum Gasteiger partial charge on any atom is 0.458 e. The molecule has 0 saturated carbocycles. The van der Waals surface area contributed by atoms with Crippen LogP contribution in [0.3, 0.4) is 0 Å². The molecule has 34 heavy (non-hydrogen) atoms. The van der Waals surface area contributed by atoms with Gasteiger partial charge >= 0.3 is 23.3 Å². The van der Waals surface area contributed by atoms with E-state index in [1.54, 1.807) is 0 Å². The summed E-state index contributed by atoms with van der Waals surface area (Å²) in [5.41, 5.74) is -0.545. The van der Waals surface area contributed by atoms with Gasteiger partial charge in [0, 0.05) is 10.5 Å². The molecular formula is C18H7Cl2F9N2O2S. The fourth-order valence-electron chi connectivity index (χ4n) is 2.33. The average Bonchev–Trinajstić information content (AvgIpc) is 2.69. The van der Waals surface area contributed by atoms with Gasteiger partial charge in [0.2, 0.25) is 6.08 Å². The summed E-state index contributed by atoms with van der Waals surface area (Å²) in [7, 11) is 0. The van der Waals surface area contributed by atoms with Crippen LogP contribution < -0.4 is 5.32 Å². The third-order valence-electron chi connectivity index (χ3n) is 3.92. The number of anilines is 1. The molecule has 1 atom stereocenters.